The molecule has 28 heavy (non-hydrogen) atoms. The fraction of sp³-hybridized carbons (Fsp3) is 0.227. The summed E-state index contributed by atoms with van der Waals surface area (Å²) < 4.78 is 3.68. The van der Waals surface area contributed by atoms with E-state index < -0.39 is 0 Å². The Kier molecular flexibility index (Phi) is 3.87. The van der Waals surface area contributed by atoms with Crippen LogP contribution in [0.25, 0.3) is 28.0 Å². The van der Waals surface area contributed by atoms with E-state index in [0.717, 1.165) is 47.5 Å². The molecule has 5 rings (SSSR count). The maximum atomic E-state index is 12.8. The van der Waals surface area contributed by atoms with E-state index in [2.05, 4.69) is 22.4 Å². The van der Waals surface area contributed by atoms with Crippen LogP contribution in [0.15, 0.2) is 53.7 Å². The lowest BCUT2D eigenvalue weighted by molar-refractivity contribution is 0.738. The maximum absolute atomic E-state index is 12.8. The van der Waals surface area contributed by atoms with Crippen molar-refractivity contribution in [2.24, 2.45) is 0 Å². The van der Waals surface area contributed by atoms with E-state index in [-0.39, 0.29) is 5.56 Å². The Hall–Kier alpha value is -3.25. The van der Waals surface area contributed by atoms with Gasteiger partial charge in [0.05, 0.1) is 22.6 Å². The second-order valence-electron chi connectivity index (χ2n) is 7.30. The SMILES string of the molecule is Cc1cn2cc(-c3cc(=O)n4cc(C5=CCNCC5)ccc4n3)cc2c(C)n1. The summed E-state index contributed by atoms with van der Waals surface area (Å²) in [6.45, 7) is 5.80. The molecule has 0 saturated heterocycles. The van der Waals surface area contributed by atoms with Crippen LogP contribution in [-0.4, -0.2) is 31.9 Å². The summed E-state index contributed by atoms with van der Waals surface area (Å²) in [5.74, 6) is 0. The normalized spacial score (nSPS) is 14.6. The van der Waals surface area contributed by atoms with E-state index >= 15 is 0 Å². The molecule has 0 amide bonds. The van der Waals surface area contributed by atoms with Crippen molar-refractivity contribution >= 4 is 16.7 Å². The summed E-state index contributed by atoms with van der Waals surface area (Å²) in [4.78, 5) is 22.1. The lowest BCUT2D eigenvalue weighted by atomic mass is 10.0. The molecule has 1 aliphatic heterocycles. The average molecular weight is 371 g/mol. The molecule has 0 aliphatic carbocycles. The zero-order valence-corrected chi connectivity index (χ0v) is 15.9. The minimum Gasteiger partial charge on any atom is -0.320 e. The molecule has 0 atom stereocenters. The van der Waals surface area contributed by atoms with Crippen molar-refractivity contribution in [3.05, 3.63) is 76.2 Å². The quantitative estimate of drug-likeness (QED) is 0.588. The van der Waals surface area contributed by atoms with Crippen molar-refractivity contribution in [3.8, 4) is 11.3 Å². The number of hydrogen-bond acceptors (Lipinski definition) is 4. The fourth-order valence-corrected chi connectivity index (χ4v) is 3.89. The van der Waals surface area contributed by atoms with Gasteiger partial charge >= 0.3 is 0 Å². The van der Waals surface area contributed by atoms with Crippen LogP contribution in [0.2, 0.25) is 0 Å². The first kappa shape index (κ1) is 16.9. The molecule has 0 spiro atoms. The first-order chi connectivity index (χ1) is 13.6. The average Bonchev–Trinajstić information content (AvgIpc) is 3.13. The van der Waals surface area contributed by atoms with Crippen LogP contribution in [0.1, 0.15) is 23.4 Å². The third kappa shape index (κ3) is 2.82. The largest absolute Gasteiger partial charge is 0.320 e. The topological polar surface area (TPSA) is 63.7 Å². The summed E-state index contributed by atoms with van der Waals surface area (Å²) in [7, 11) is 0. The van der Waals surface area contributed by atoms with Gasteiger partial charge < -0.3 is 9.72 Å². The van der Waals surface area contributed by atoms with Crippen LogP contribution in [0.5, 0.6) is 0 Å². The molecule has 1 aliphatic rings. The first-order valence-corrected chi connectivity index (χ1v) is 9.48. The standard InChI is InChI=1S/C22H21N5O/c1-14-11-26-12-18(9-20(26)15(2)24-14)19-10-22(28)27-13-17(3-4-21(27)25-19)16-5-7-23-8-6-16/h3-5,9-13,23H,6-8H2,1-2H3. The lowest BCUT2D eigenvalue weighted by Crippen LogP contribution is -2.20. The molecule has 4 aromatic heterocycles. The highest BCUT2D eigenvalue weighted by atomic mass is 16.1. The maximum Gasteiger partial charge on any atom is 0.258 e. The highest BCUT2D eigenvalue weighted by Gasteiger charge is 2.11. The molecule has 0 unspecified atom stereocenters. The van der Waals surface area contributed by atoms with Crippen molar-refractivity contribution in [3.63, 3.8) is 0 Å². The predicted octanol–water partition coefficient (Wildman–Crippen LogP) is 3.00. The number of pyridine rings is 1. The Morgan fingerprint density at radius 2 is 1.93 bits per heavy atom. The van der Waals surface area contributed by atoms with E-state index in [1.54, 1.807) is 10.5 Å². The summed E-state index contributed by atoms with van der Waals surface area (Å²) >= 11 is 0. The molecular formula is C22H21N5O. The van der Waals surface area contributed by atoms with Crippen LogP contribution in [0, 0.1) is 13.8 Å². The molecule has 0 saturated carbocycles. The van der Waals surface area contributed by atoms with E-state index in [0.29, 0.717) is 11.3 Å². The van der Waals surface area contributed by atoms with E-state index in [4.69, 9.17) is 4.98 Å². The van der Waals surface area contributed by atoms with Gasteiger partial charge in [0.25, 0.3) is 5.56 Å². The number of rotatable bonds is 2. The Morgan fingerprint density at radius 1 is 1.04 bits per heavy atom. The molecule has 4 aromatic rings. The van der Waals surface area contributed by atoms with Crippen LogP contribution in [0.3, 0.4) is 0 Å². The minimum absolute atomic E-state index is 0.0716. The molecule has 6 heteroatoms. The van der Waals surface area contributed by atoms with Gasteiger partial charge in [-0.2, -0.15) is 0 Å². The summed E-state index contributed by atoms with van der Waals surface area (Å²) in [6, 6.07) is 7.62. The van der Waals surface area contributed by atoms with Crippen LogP contribution in [-0.2, 0) is 0 Å². The van der Waals surface area contributed by atoms with Crippen LogP contribution < -0.4 is 10.9 Å². The van der Waals surface area contributed by atoms with E-state index in [9.17, 15) is 4.79 Å². The number of nitrogens with zero attached hydrogens (tertiary/aromatic N) is 4. The molecule has 6 nitrogen and oxygen atoms in total. The Balaban J connectivity index is 1.63. The van der Waals surface area contributed by atoms with Crippen molar-refractivity contribution in [1.29, 1.82) is 0 Å². The van der Waals surface area contributed by atoms with Gasteiger partial charge in [0.1, 0.15) is 5.65 Å². The van der Waals surface area contributed by atoms with Crippen LogP contribution >= 0.6 is 0 Å². The number of nitrogens with one attached hydrogen (secondary N) is 1. The Labute approximate surface area is 162 Å². The molecule has 0 aromatic carbocycles. The van der Waals surface area contributed by atoms with Gasteiger partial charge in [-0.1, -0.05) is 6.08 Å². The van der Waals surface area contributed by atoms with Crippen molar-refractivity contribution in [2.75, 3.05) is 13.1 Å². The van der Waals surface area contributed by atoms with Crippen molar-refractivity contribution < 1.29 is 0 Å². The summed E-state index contributed by atoms with van der Waals surface area (Å²) in [5.41, 5.74) is 7.48. The van der Waals surface area contributed by atoms with E-state index in [1.165, 1.54) is 5.57 Å². The monoisotopic (exact) mass is 371 g/mol. The third-order valence-corrected chi connectivity index (χ3v) is 5.28. The number of aromatic nitrogens is 4. The number of hydrogen-bond donors (Lipinski definition) is 1. The summed E-state index contributed by atoms with van der Waals surface area (Å²) in [5, 5.41) is 3.31. The second kappa shape index (κ2) is 6.42. The zero-order valence-electron chi connectivity index (χ0n) is 15.9. The Morgan fingerprint density at radius 3 is 2.75 bits per heavy atom. The smallest absolute Gasteiger partial charge is 0.258 e. The molecule has 140 valence electrons. The first-order valence-electron chi connectivity index (χ1n) is 9.48. The molecule has 0 bridgehead atoms. The molecule has 1 N–H and O–H groups in total. The Bertz CT molecular complexity index is 1310. The summed E-state index contributed by atoms with van der Waals surface area (Å²) in [6.07, 6.45) is 9.04. The predicted molar refractivity (Wildman–Crippen MR) is 111 cm³/mol. The van der Waals surface area contributed by atoms with Crippen molar-refractivity contribution in [2.45, 2.75) is 20.3 Å². The molecular weight excluding hydrogens is 350 g/mol. The zero-order chi connectivity index (χ0) is 19.3. The van der Waals surface area contributed by atoms with Gasteiger partial charge in [0.2, 0.25) is 0 Å². The van der Waals surface area contributed by atoms with Gasteiger partial charge in [-0.05, 0) is 56.1 Å². The molecule has 0 radical (unpaired) electrons. The number of aryl methyl sites for hydroxylation is 2. The van der Waals surface area contributed by atoms with Gasteiger partial charge in [-0.3, -0.25) is 14.2 Å². The lowest BCUT2D eigenvalue weighted by Gasteiger charge is -2.14. The van der Waals surface area contributed by atoms with Crippen molar-refractivity contribution in [1.82, 2.24) is 24.1 Å². The number of fused-ring (bicyclic) bond motifs is 2. The van der Waals surface area contributed by atoms with Crippen LogP contribution in [0.4, 0.5) is 0 Å². The highest BCUT2D eigenvalue weighted by Crippen LogP contribution is 2.23. The molecule has 5 heterocycles. The highest BCUT2D eigenvalue weighted by molar-refractivity contribution is 5.71. The second-order valence-corrected chi connectivity index (χ2v) is 7.30. The minimum atomic E-state index is -0.0716. The van der Waals surface area contributed by atoms with E-state index in [1.807, 2.05) is 49.0 Å². The molecule has 0 fully saturated rings. The van der Waals surface area contributed by atoms with Gasteiger partial charge in [-0.15, -0.1) is 0 Å². The third-order valence-electron chi connectivity index (χ3n) is 5.28. The van der Waals surface area contributed by atoms with Gasteiger partial charge in [-0.25, -0.2) is 4.98 Å². The van der Waals surface area contributed by atoms with Gasteiger partial charge in [0, 0.05) is 36.8 Å². The van der Waals surface area contributed by atoms with Gasteiger partial charge in [0.15, 0.2) is 0 Å². The fourth-order valence-electron chi connectivity index (χ4n) is 3.89.